The predicted molar refractivity (Wildman–Crippen MR) is 102 cm³/mol. The number of hydrogen-bond donors (Lipinski definition) is 2. The quantitative estimate of drug-likeness (QED) is 0.553. The summed E-state index contributed by atoms with van der Waals surface area (Å²) in [5.74, 6) is 2.54. The van der Waals surface area contributed by atoms with Crippen LogP contribution in [0.25, 0.3) is 0 Å². The Labute approximate surface area is 148 Å². The van der Waals surface area contributed by atoms with Crippen molar-refractivity contribution in [2.45, 2.75) is 58.4 Å². The smallest absolute Gasteiger partial charge is 0.191 e. The topological polar surface area (TPSA) is 48.9 Å². The number of rotatable bonds is 7. The van der Waals surface area contributed by atoms with E-state index in [1.54, 1.807) is 0 Å². The molecule has 0 bridgehead atoms. The highest BCUT2D eigenvalue weighted by atomic mass is 16.5. The second-order valence-corrected chi connectivity index (χ2v) is 7.62. The summed E-state index contributed by atoms with van der Waals surface area (Å²) in [6.07, 6.45) is 8.04. The normalized spacial score (nSPS) is 27.7. The Kier molecular flexibility index (Phi) is 8.89. The van der Waals surface area contributed by atoms with Gasteiger partial charge in [0.05, 0.1) is 13.2 Å². The maximum Gasteiger partial charge on any atom is 0.191 e. The van der Waals surface area contributed by atoms with Gasteiger partial charge < -0.3 is 15.4 Å². The van der Waals surface area contributed by atoms with Crippen molar-refractivity contribution in [1.82, 2.24) is 15.5 Å². The van der Waals surface area contributed by atoms with Gasteiger partial charge in [0.1, 0.15) is 0 Å². The second-order valence-electron chi connectivity index (χ2n) is 7.62. The molecular weight excluding hydrogens is 300 g/mol. The molecule has 5 heteroatoms. The molecule has 2 N–H and O–H groups in total. The molecule has 2 fully saturated rings. The Morgan fingerprint density at radius 3 is 2.54 bits per heavy atom. The molecule has 1 unspecified atom stereocenters. The first-order chi connectivity index (χ1) is 11.7. The molecule has 2 rings (SSSR count). The van der Waals surface area contributed by atoms with E-state index < -0.39 is 0 Å². The second kappa shape index (κ2) is 10.9. The molecule has 140 valence electrons. The van der Waals surface area contributed by atoms with Gasteiger partial charge in [0.15, 0.2) is 5.96 Å². The SMILES string of the molecule is CCCC1CCC(NC(=NC)NCC(C)CN2CCOCC2)CC1. The van der Waals surface area contributed by atoms with Gasteiger partial charge in [0, 0.05) is 39.3 Å². The molecule has 1 aliphatic carbocycles. The highest BCUT2D eigenvalue weighted by molar-refractivity contribution is 5.79. The molecule has 0 amide bonds. The molecular formula is C19H38N4O. The van der Waals surface area contributed by atoms with Crippen molar-refractivity contribution in [1.29, 1.82) is 0 Å². The zero-order chi connectivity index (χ0) is 17.2. The molecule has 1 aliphatic heterocycles. The summed E-state index contributed by atoms with van der Waals surface area (Å²) in [6.45, 7) is 10.6. The molecule has 1 heterocycles. The maximum absolute atomic E-state index is 5.42. The van der Waals surface area contributed by atoms with Crippen LogP contribution >= 0.6 is 0 Å². The van der Waals surface area contributed by atoms with Crippen molar-refractivity contribution in [3.8, 4) is 0 Å². The average molecular weight is 339 g/mol. The Morgan fingerprint density at radius 2 is 1.92 bits per heavy atom. The zero-order valence-electron chi connectivity index (χ0n) is 16.0. The van der Waals surface area contributed by atoms with Gasteiger partial charge in [-0.3, -0.25) is 9.89 Å². The molecule has 1 atom stereocenters. The number of ether oxygens (including phenoxy) is 1. The average Bonchev–Trinajstić information content (AvgIpc) is 2.61. The minimum Gasteiger partial charge on any atom is -0.379 e. The largest absolute Gasteiger partial charge is 0.379 e. The third-order valence-electron chi connectivity index (χ3n) is 5.40. The lowest BCUT2D eigenvalue weighted by atomic mass is 9.83. The fourth-order valence-corrected chi connectivity index (χ4v) is 3.95. The van der Waals surface area contributed by atoms with Gasteiger partial charge in [-0.25, -0.2) is 0 Å². The van der Waals surface area contributed by atoms with Gasteiger partial charge in [-0.05, 0) is 37.5 Å². The first-order valence-electron chi connectivity index (χ1n) is 9.98. The highest BCUT2D eigenvalue weighted by Crippen LogP contribution is 2.27. The summed E-state index contributed by atoms with van der Waals surface area (Å²) >= 11 is 0. The van der Waals surface area contributed by atoms with Gasteiger partial charge in [0.25, 0.3) is 0 Å². The van der Waals surface area contributed by atoms with Crippen molar-refractivity contribution < 1.29 is 4.74 Å². The minimum absolute atomic E-state index is 0.596. The fourth-order valence-electron chi connectivity index (χ4n) is 3.95. The Bertz CT molecular complexity index is 360. The molecule has 0 radical (unpaired) electrons. The van der Waals surface area contributed by atoms with Crippen molar-refractivity contribution in [3.63, 3.8) is 0 Å². The van der Waals surface area contributed by atoms with E-state index in [0.717, 1.165) is 51.3 Å². The van der Waals surface area contributed by atoms with E-state index in [1.165, 1.54) is 38.5 Å². The lowest BCUT2D eigenvalue weighted by molar-refractivity contribution is 0.0320. The number of aliphatic imine (C=N–C) groups is 1. The number of hydrogen-bond acceptors (Lipinski definition) is 3. The molecule has 24 heavy (non-hydrogen) atoms. The van der Waals surface area contributed by atoms with Crippen LogP contribution in [-0.2, 0) is 4.74 Å². The zero-order valence-corrected chi connectivity index (χ0v) is 16.0. The van der Waals surface area contributed by atoms with Gasteiger partial charge >= 0.3 is 0 Å². The van der Waals surface area contributed by atoms with Gasteiger partial charge in [-0.2, -0.15) is 0 Å². The molecule has 2 aliphatic rings. The third kappa shape index (κ3) is 6.98. The lowest BCUT2D eigenvalue weighted by Gasteiger charge is -2.31. The molecule has 0 aromatic heterocycles. The number of nitrogens with zero attached hydrogens (tertiary/aromatic N) is 2. The van der Waals surface area contributed by atoms with E-state index in [0.29, 0.717) is 12.0 Å². The Balaban J connectivity index is 1.63. The predicted octanol–water partition coefficient (Wildman–Crippen LogP) is 2.48. The number of guanidine groups is 1. The molecule has 0 aromatic carbocycles. The number of morpholine rings is 1. The number of nitrogens with one attached hydrogen (secondary N) is 2. The highest BCUT2D eigenvalue weighted by Gasteiger charge is 2.21. The first-order valence-corrected chi connectivity index (χ1v) is 9.98. The third-order valence-corrected chi connectivity index (χ3v) is 5.40. The van der Waals surface area contributed by atoms with Crippen LogP contribution in [0.2, 0.25) is 0 Å². The van der Waals surface area contributed by atoms with Gasteiger partial charge in [0.2, 0.25) is 0 Å². The molecule has 1 saturated carbocycles. The van der Waals surface area contributed by atoms with Crippen LogP contribution in [0.4, 0.5) is 0 Å². The summed E-state index contributed by atoms with van der Waals surface area (Å²) in [6, 6.07) is 0.596. The van der Waals surface area contributed by atoms with Crippen molar-refractivity contribution in [2.75, 3.05) is 46.4 Å². The Hall–Kier alpha value is -0.810. The fraction of sp³-hybridized carbons (Fsp3) is 0.947. The maximum atomic E-state index is 5.42. The summed E-state index contributed by atoms with van der Waals surface area (Å²) in [5.41, 5.74) is 0. The monoisotopic (exact) mass is 338 g/mol. The van der Waals surface area contributed by atoms with E-state index >= 15 is 0 Å². The van der Waals surface area contributed by atoms with E-state index in [-0.39, 0.29) is 0 Å². The molecule has 5 nitrogen and oxygen atoms in total. The van der Waals surface area contributed by atoms with Crippen LogP contribution in [0.1, 0.15) is 52.4 Å². The summed E-state index contributed by atoms with van der Waals surface area (Å²) in [7, 11) is 1.88. The van der Waals surface area contributed by atoms with Crippen LogP contribution in [-0.4, -0.2) is 63.3 Å². The van der Waals surface area contributed by atoms with E-state index in [1.807, 2.05) is 7.05 Å². The summed E-state index contributed by atoms with van der Waals surface area (Å²) in [5, 5.41) is 7.16. The van der Waals surface area contributed by atoms with Gasteiger partial charge in [-0.15, -0.1) is 0 Å². The van der Waals surface area contributed by atoms with Crippen molar-refractivity contribution in [2.24, 2.45) is 16.8 Å². The molecule has 1 saturated heterocycles. The van der Waals surface area contributed by atoms with E-state index in [2.05, 4.69) is 34.4 Å². The van der Waals surface area contributed by atoms with Crippen LogP contribution in [0.5, 0.6) is 0 Å². The van der Waals surface area contributed by atoms with Crippen molar-refractivity contribution in [3.05, 3.63) is 0 Å². The van der Waals surface area contributed by atoms with Crippen LogP contribution in [0.15, 0.2) is 4.99 Å². The van der Waals surface area contributed by atoms with Crippen LogP contribution < -0.4 is 10.6 Å². The molecule has 0 aromatic rings. The van der Waals surface area contributed by atoms with E-state index in [9.17, 15) is 0 Å². The summed E-state index contributed by atoms with van der Waals surface area (Å²) in [4.78, 5) is 6.92. The lowest BCUT2D eigenvalue weighted by Crippen LogP contribution is -2.47. The molecule has 0 spiro atoms. The van der Waals surface area contributed by atoms with Crippen molar-refractivity contribution >= 4 is 5.96 Å². The van der Waals surface area contributed by atoms with Crippen LogP contribution in [0.3, 0.4) is 0 Å². The van der Waals surface area contributed by atoms with E-state index in [4.69, 9.17) is 4.74 Å². The summed E-state index contributed by atoms with van der Waals surface area (Å²) < 4.78 is 5.42. The standard InChI is InChI=1S/C19H38N4O/c1-4-5-17-6-8-18(9-7-17)22-19(20-3)21-14-16(2)15-23-10-12-24-13-11-23/h16-18H,4-15H2,1-3H3,(H2,20,21,22). The minimum atomic E-state index is 0.596. The van der Waals surface area contributed by atoms with Crippen LogP contribution in [0, 0.1) is 11.8 Å². The van der Waals surface area contributed by atoms with Gasteiger partial charge in [-0.1, -0.05) is 26.7 Å². The Morgan fingerprint density at radius 1 is 1.21 bits per heavy atom. The first kappa shape index (κ1) is 19.5.